The Bertz CT molecular complexity index is 399. The van der Waals surface area contributed by atoms with Gasteiger partial charge in [-0.15, -0.1) is 0 Å². The first-order chi connectivity index (χ1) is 9.64. The summed E-state index contributed by atoms with van der Waals surface area (Å²) in [6.07, 6.45) is 6.93. The number of ether oxygens (including phenoxy) is 1. The van der Waals surface area contributed by atoms with Gasteiger partial charge in [0.15, 0.2) is 8.32 Å². The molecular formula is C17H32O3Si. The van der Waals surface area contributed by atoms with Gasteiger partial charge in [-0.3, -0.25) is 4.79 Å². The van der Waals surface area contributed by atoms with Crippen LogP contribution in [0.4, 0.5) is 0 Å². The number of fused-ring (bicyclic) bond motifs is 1. The Labute approximate surface area is 130 Å². The Morgan fingerprint density at radius 3 is 2.43 bits per heavy atom. The summed E-state index contributed by atoms with van der Waals surface area (Å²) in [4.78, 5) is 12.2. The van der Waals surface area contributed by atoms with Crippen molar-refractivity contribution in [1.82, 2.24) is 0 Å². The van der Waals surface area contributed by atoms with E-state index in [1.807, 2.05) is 0 Å². The monoisotopic (exact) mass is 312 g/mol. The van der Waals surface area contributed by atoms with E-state index in [2.05, 4.69) is 33.9 Å². The van der Waals surface area contributed by atoms with Crippen LogP contribution in [-0.2, 0) is 14.0 Å². The van der Waals surface area contributed by atoms with Crippen LogP contribution in [0, 0.1) is 11.8 Å². The van der Waals surface area contributed by atoms with Gasteiger partial charge in [-0.1, -0.05) is 40.0 Å². The molecule has 2 aliphatic carbocycles. The standard InChI is InChI=1S/C17H32O3Si/c1-16(2,3)21(5,6)20-17-11-9-7-8-10-13(17)12-14(17)15(18)19-4/h13-14H,7-12H2,1-6H3. The van der Waals surface area contributed by atoms with Crippen molar-refractivity contribution in [3.8, 4) is 0 Å². The SMILES string of the molecule is COC(=O)C1CC2CCCCCC21O[Si](C)(C)C(C)(C)C. The van der Waals surface area contributed by atoms with Crippen molar-refractivity contribution in [2.75, 3.05) is 7.11 Å². The topological polar surface area (TPSA) is 35.5 Å². The van der Waals surface area contributed by atoms with Gasteiger partial charge in [0.05, 0.1) is 18.6 Å². The van der Waals surface area contributed by atoms with Crippen molar-refractivity contribution in [1.29, 1.82) is 0 Å². The van der Waals surface area contributed by atoms with Gasteiger partial charge >= 0.3 is 5.97 Å². The summed E-state index contributed by atoms with van der Waals surface area (Å²) < 4.78 is 11.9. The van der Waals surface area contributed by atoms with Gasteiger partial charge in [0, 0.05) is 0 Å². The zero-order valence-electron chi connectivity index (χ0n) is 14.6. The second-order valence-electron chi connectivity index (χ2n) is 8.43. The molecule has 0 radical (unpaired) electrons. The highest BCUT2D eigenvalue weighted by molar-refractivity contribution is 6.74. The van der Waals surface area contributed by atoms with Gasteiger partial charge < -0.3 is 9.16 Å². The lowest BCUT2D eigenvalue weighted by Gasteiger charge is -2.58. The first-order valence-electron chi connectivity index (χ1n) is 8.42. The fourth-order valence-electron chi connectivity index (χ4n) is 3.79. The quantitative estimate of drug-likeness (QED) is 0.568. The maximum absolute atomic E-state index is 12.2. The Hall–Kier alpha value is -0.353. The summed E-state index contributed by atoms with van der Waals surface area (Å²) in [5.74, 6) is 0.449. The number of carbonyl (C=O) groups is 1. The normalized spacial score (nSPS) is 33.6. The first kappa shape index (κ1) is 17.0. The van der Waals surface area contributed by atoms with E-state index in [-0.39, 0.29) is 22.5 Å². The van der Waals surface area contributed by atoms with Crippen LogP contribution in [0.1, 0.15) is 59.3 Å². The molecule has 122 valence electrons. The molecule has 0 spiro atoms. The molecule has 0 heterocycles. The van der Waals surface area contributed by atoms with E-state index in [1.54, 1.807) is 0 Å². The van der Waals surface area contributed by atoms with Gasteiger partial charge in [-0.05, 0) is 43.3 Å². The van der Waals surface area contributed by atoms with Crippen LogP contribution in [0.2, 0.25) is 18.1 Å². The van der Waals surface area contributed by atoms with Crippen LogP contribution in [-0.4, -0.2) is 27.0 Å². The largest absolute Gasteiger partial charge is 0.469 e. The summed E-state index contributed by atoms with van der Waals surface area (Å²) >= 11 is 0. The number of rotatable bonds is 3. The van der Waals surface area contributed by atoms with Gasteiger partial charge in [0.1, 0.15) is 0 Å². The number of carbonyl (C=O) groups excluding carboxylic acids is 1. The lowest BCUT2D eigenvalue weighted by atomic mass is 9.58. The number of hydrogen-bond acceptors (Lipinski definition) is 3. The van der Waals surface area contributed by atoms with E-state index in [9.17, 15) is 4.79 Å². The maximum Gasteiger partial charge on any atom is 0.311 e. The number of methoxy groups -OCH3 is 1. The van der Waals surface area contributed by atoms with Gasteiger partial charge in [0.2, 0.25) is 0 Å². The lowest BCUT2D eigenvalue weighted by Crippen LogP contribution is -2.65. The predicted molar refractivity (Wildman–Crippen MR) is 87.7 cm³/mol. The molecular weight excluding hydrogens is 280 g/mol. The Balaban J connectivity index is 2.29. The molecule has 2 saturated carbocycles. The van der Waals surface area contributed by atoms with Crippen molar-refractivity contribution in [2.45, 2.75) is 83.0 Å². The second kappa shape index (κ2) is 5.69. The Morgan fingerprint density at radius 1 is 1.19 bits per heavy atom. The van der Waals surface area contributed by atoms with E-state index in [0.29, 0.717) is 5.92 Å². The van der Waals surface area contributed by atoms with Crippen LogP contribution in [0.3, 0.4) is 0 Å². The van der Waals surface area contributed by atoms with Crippen LogP contribution >= 0.6 is 0 Å². The fourth-order valence-corrected chi connectivity index (χ4v) is 5.46. The second-order valence-corrected chi connectivity index (χ2v) is 13.1. The molecule has 4 heteroatoms. The highest BCUT2D eigenvalue weighted by atomic mass is 28.4. The highest BCUT2D eigenvalue weighted by Gasteiger charge is 2.62. The number of hydrogen-bond donors (Lipinski definition) is 0. The minimum Gasteiger partial charge on any atom is -0.469 e. The van der Waals surface area contributed by atoms with Crippen molar-refractivity contribution < 1.29 is 14.0 Å². The summed E-state index contributed by atoms with van der Waals surface area (Å²) in [7, 11) is -0.379. The maximum atomic E-state index is 12.2. The molecule has 0 saturated heterocycles. The van der Waals surface area contributed by atoms with Gasteiger partial charge in [-0.2, -0.15) is 0 Å². The molecule has 3 unspecified atom stereocenters. The molecule has 2 rings (SSSR count). The van der Waals surface area contributed by atoms with Gasteiger partial charge in [0.25, 0.3) is 0 Å². The third-order valence-electron chi connectivity index (χ3n) is 6.16. The van der Waals surface area contributed by atoms with Crippen LogP contribution in [0.15, 0.2) is 0 Å². The van der Waals surface area contributed by atoms with Crippen molar-refractivity contribution in [3.63, 3.8) is 0 Å². The summed E-state index contributed by atoms with van der Waals surface area (Å²) in [5, 5.41) is 0.175. The van der Waals surface area contributed by atoms with Crippen LogP contribution < -0.4 is 0 Å². The van der Waals surface area contributed by atoms with E-state index >= 15 is 0 Å². The van der Waals surface area contributed by atoms with E-state index in [0.717, 1.165) is 12.8 Å². The van der Waals surface area contributed by atoms with Crippen molar-refractivity contribution >= 4 is 14.3 Å². The Morgan fingerprint density at radius 2 is 1.86 bits per heavy atom. The predicted octanol–water partition coefficient (Wildman–Crippen LogP) is 4.52. The van der Waals surface area contributed by atoms with E-state index in [1.165, 1.54) is 32.8 Å². The Kier molecular flexibility index (Phi) is 4.61. The minimum atomic E-state index is -1.89. The molecule has 3 nitrogen and oxygen atoms in total. The molecule has 21 heavy (non-hydrogen) atoms. The summed E-state index contributed by atoms with van der Waals surface area (Å²) in [6.45, 7) is 11.4. The molecule has 0 aromatic heterocycles. The molecule has 2 fully saturated rings. The zero-order valence-corrected chi connectivity index (χ0v) is 15.6. The number of esters is 1. The highest BCUT2D eigenvalue weighted by Crippen LogP contribution is 2.57. The zero-order chi connectivity index (χ0) is 15.9. The molecule has 0 aromatic rings. The van der Waals surface area contributed by atoms with Crippen LogP contribution in [0.5, 0.6) is 0 Å². The average molecular weight is 313 g/mol. The first-order valence-corrected chi connectivity index (χ1v) is 11.3. The molecule has 2 aliphatic rings. The van der Waals surface area contributed by atoms with Gasteiger partial charge in [-0.25, -0.2) is 0 Å². The molecule has 0 bridgehead atoms. The molecule has 0 N–H and O–H groups in total. The molecule has 0 aromatic carbocycles. The molecule has 0 aliphatic heterocycles. The minimum absolute atomic E-state index is 0.0419. The van der Waals surface area contributed by atoms with Crippen LogP contribution in [0.25, 0.3) is 0 Å². The summed E-state index contributed by atoms with van der Waals surface area (Å²) in [5.41, 5.74) is -0.230. The molecule has 0 amide bonds. The van der Waals surface area contributed by atoms with Crippen molar-refractivity contribution in [2.24, 2.45) is 11.8 Å². The van der Waals surface area contributed by atoms with Crippen molar-refractivity contribution in [3.05, 3.63) is 0 Å². The van der Waals surface area contributed by atoms with E-state index in [4.69, 9.17) is 9.16 Å². The smallest absolute Gasteiger partial charge is 0.311 e. The third-order valence-corrected chi connectivity index (χ3v) is 10.7. The average Bonchev–Trinajstić information content (AvgIpc) is 2.50. The lowest BCUT2D eigenvalue weighted by molar-refractivity contribution is -0.185. The fraction of sp³-hybridized carbons (Fsp3) is 0.941. The summed E-state index contributed by atoms with van der Waals surface area (Å²) in [6, 6.07) is 0. The molecule has 3 atom stereocenters. The van der Waals surface area contributed by atoms with E-state index < -0.39 is 8.32 Å². The third kappa shape index (κ3) is 2.94.